The Morgan fingerprint density at radius 3 is 2.20 bits per heavy atom. The highest BCUT2D eigenvalue weighted by Crippen LogP contribution is 2.11. The Hall–Kier alpha value is -1.63. The maximum atomic E-state index is 11.7. The van der Waals surface area contributed by atoms with Crippen molar-refractivity contribution in [3.8, 4) is 5.75 Å². The number of carbonyl (C=O) groups is 1. The quantitative estimate of drug-likeness (QED) is 0.520. The summed E-state index contributed by atoms with van der Waals surface area (Å²) in [7, 11) is 0. The topological polar surface area (TPSA) is 99.0 Å². The van der Waals surface area contributed by atoms with E-state index in [9.17, 15) is 4.79 Å². The average molecular weight is 283 g/mol. The Bertz CT molecular complexity index is 406. The van der Waals surface area contributed by atoms with E-state index in [4.69, 9.17) is 20.1 Å². The molecule has 0 radical (unpaired) electrons. The van der Waals surface area contributed by atoms with Crippen molar-refractivity contribution in [2.75, 3.05) is 26.4 Å². The van der Waals surface area contributed by atoms with Crippen molar-refractivity contribution >= 4 is 5.91 Å². The molecular weight excluding hydrogens is 262 g/mol. The van der Waals surface area contributed by atoms with Crippen molar-refractivity contribution < 1.29 is 24.9 Å². The van der Waals surface area contributed by atoms with Crippen LogP contribution in [-0.4, -0.2) is 53.2 Å². The molecular formula is C14H21NO5. The molecule has 4 N–H and O–H groups in total. The standard InChI is InChI=1S/C14H21NO5/c1-11-2-4-12(5-3-11)20-7-6-13(19)15-14(8-16,9-17)10-18/h2-5,16-18H,6-10H2,1H3,(H,15,19). The Labute approximate surface area is 118 Å². The van der Waals surface area contributed by atoms with Crippen molar-refractivity contribution in [3.63, 3.8) is 0 Å². The fourth-order valence-electron chi connectivity index (χ4n) is 1.52. The van der Waals surface area contributed by atoms with Gasteiger partial charge in [0, 0.05) is 0 Å². The van der Waals surface area contributed by atoms with Crippen LogP contribution >= 0.6 is 0 Å². The molecule has 0 aliphatic rings. The molecule has 112 valence electrons. The highest BCUT2D eigenvalue weighted by molar-refractivity contribution is 5.77. The third-order valence-corrected chi connectivity index (χ3v) is 2.93. The minimum atomic E-state index is -1.39. The zero-order valence-electron chi connectivity index (χ0n) is 11.5. The van der Waals surface area contributed by atoms with Gasteiger partial charge < -0.3 is 25.4 Å². The summed E-state index contributed by atoms with van der Waals surface area (Å²) in [4.78, 5) is 11.7. The van der Waals surface area contributed by atoms with Crippen LogP contribution in [0.15, 0.2) is 24.3 Å². The van der Waals surface area contributed by atoms with Crippen molar-refractivity contribution in [1.29, 1.82) is 0 Å². The van der Waals surface area contributed by atoms with Crippen molar-refractivity contribution in [2.45, 2.75) is 18.9 Å². The lowest BCUT2D eigenvalue weighted by molar-refractivity contribution is -0.125. The molecule has 1 aromatic rings. The van der Waals surface area contributed by atoms with Gasteiger partial charge in [0.25, 0.3) is 0 Å². The molecule has 1 rings (SSSR count). The first kappa shape index (κ1) is 16.4. The molecule has 0 aromatic heterocycles. The number of rotatable bonds is 8. The number of hydrogen-bond donors (Lipinski definition) is 4. The largest absolute Gasteiger partial charge is 0.493 e. The second kappa shape index (κ2) is 7.84. The lowest BCUT2D eigenvalue weighted by Gasteiger charge is -2.28. The number of aryl methyl sites for hydroxylation is 1. The smallest absolute Gasteiger partial charge is 0.224 e. The van der Waals surface area contributed by atoms with E-state index < -0.39 is 31.3 Å². The number of ether oxygens (including phenoxy) is 1. The van der Waals surface area contributed by atoms with Gasteiger partial charge in [0.2, 0.25) is 5.91 Å². The minimum absolute atomic E-state index is 0.0651. The molecule has 1 aromatic carbocycles. The summed E-state index contributed by atoms with van der Waals surface area (Å²) < 4.78 is 5.40. The van der Waals surface area contributed by atoms with Gasteiger partial charge in [-0.1, -0.05) is 17.7 Å². The predicted molar refractivity (Wildman–Crippen MR) is 73.4 cm³/mol. The third-order valence-electron chi connectivity index (χ3n) is 2.93. The zero-order chi connectivity index (χ0) is 15.0. The van der Waals surface area contributed by atoms with Crippen molar-refractivity contribution in [3.05, 3.63) is 29.8 Å². The molecule has 1 amide bonds. The molecule has 0 bridgehead atoms. The molecule has 20 heavy (non-hydrogen) atoms. The predicted octanol–water partition coefficient (Wildman–Crippen LogP) is -0.404. The van der Waals surface area contributed by atoms with Gasteiger partial charge in [-0.3, -0.25) is 4.79 Å². The molecule has 0 fully saturated rings. The van der Waals surface area contributed by atoms with E-state index in [0.29, 0.717) is 5.75 Å². The number of hydrogen-bond acceptors (Lipinski definition) is 5. The first-order valence-electron chi connectivity index (χ1n) is 6.38. The summed E-state index contributed by atoms with van der Waals surface area (Å²) in [5, 5.41) is 29.7. The zero-order valence-corrected chi connectivity index (χ0v) is 11.5. The lowest BCUT2D eigenvalue weighted by atomic mass is 10.0. The molecule has 0 aliphatic heterocycles. The van der Waals surface area contributed by atoms with E-state index in [1.807, 2.05) is 31.2 Å². The van der Waals surface area contributed by atoms with Crippen LogP contribution < -0.4 is 10.1 Å². The van der Waals surface area contributed by atoms with Crippen LogP contribution in [0.1, 0.15) is 12.0 Å². The SMILES string of the molecule is Cc1ccc(OCCC(=O)NC(CO)(CO)CO)cc1. The van der Waals surface area contributed by atoms with Crippen molar-refractivity contribution in [2.24, 2.45) is 0 Å². The minimum Gasteiger partial charge on any atom is -0.493 e. The fourth-order valence-corrected chi connectivity index (χ4v) is 1.52. The molecule has 0 spiro atoms. The van der Waals surface area contributed by atoms with Crippen LogP contribution in [0.25, 0.3) is 0 Å². The van der Waals surface area contributed by atoms with E-state index >= 15 is 0 Å². The molecule has 6 heteroatoms. The fraction of sp³-hybridized carbons (Fsp3) is 0.500. The van der Waals surface area contributed by atoms with Gasteiger partial charge in [-0.25, -0.2) is 0 Å². The van der Waals surface area contributed by atoms with Gasteiger partial charge in [-0.15, -0.1) is 0 Å². The normalized spacial score (nSPS) is 11.2. The Balaban J connectivity index is 2.38. The second-order valence-electron chi connectivity index (χ2n) is 4.71. The highest BCUT2D eigenvalue weighted by Gasteiger charge is 2.29. The van der Waals surface area contributed by atoms with Gasteiger partial charge in [0.15, 0.2) is 0 Å². The Morgan fingerprint density at radius 2 is 1.70 bits per heavy atom. The molecule has 0 atom stereocenters. The molecule has 0 heterocycles. The molecule has 6 nitrogen and oxygen atoms in total. The average Bonchev–Trinajstić information content (AvgIpc) is 2.47. The molecule has 0 aliphatic carbocycles. The van der Waals surface area contributed by atoms with Crippen LogP contribution in [0.4, 0.5) is 0 Å². The summed E-state index contributed by atoms with van der Waals surface area (Å²) >= 11 is 0. The second-order valence-corrected chi connectivity index (χ2v) is 4.71. The van der Waals surface area contributed by atoms with Gasteiger partial charge in [0.1, 0.15) is 11.3 Å². The summed E-state index contributed by atoms with van der Waals surface area (Å²) in [6.45, 7) is 0.530. The van der Waals surface area contributed by atoms with Gasteiger partial charge in [-0.05, 0) is 19.1 Å². The van der Waals surface area contributed by atoms with Gasteiger partial charge in [-0.2, -0.15) is 0 Å². The molecule has 0 saturated carbocycles. The molecule has 0 unspecified atom stereocenters. The van der Waals surface area contributed by atoms with E-state index in [1.165, 1.54) is 0 Å². The van der Waals surface area contributed by atoms with E-state index in [-0.39, 0.29) is 13.0 Å². The third kappa shape index (κ3) is 4.80. The highest BCUT2D eigenvalue weighted by atomic mass is 16.5. The van der Waals surface area contributed by atoms with Crippen molar-refractivity contribution in [1.82, 2.24) is 5.32 Å². The Morgan fingerprint density at radius 1 is 1.15 bits per heavy atom. The van der Waals surface area contributed by atoms with E-state index in [2.05, 4.69) is 5.32 Å². The van der Waals surface area contributed by atoms with Gasteiger partial charge >= 0.3 is 0 Å². The first-order chi connectivity index (χ1) is 9.55. The number of aliphatic hydroxyl groups is 3. The summed E-state index contributed by atoms with van der Waals surface area (Å²) in [5.74, 6) is 0.260. The van der Waals surface area contributed by atoms with Crippen LogP contribution in [0.2, 0.25) is 0 Å². The maximum Gasteiger partial charge on any atom is 0.224 e. The lowest BCUT2D eigenvalue weighted by Crippen LogP contribution is -2.57. The Kier molecular flexibility index (Phi) is 6.44. The number of carbonyl (C=O) groups excluding carboxylic acids is 1. The number of benzene rings is 1. The summed E-state index contributed by atoms with van der Waals surface area (Å²) in [5.41, 5.74) is -0.269. The number of aliphatic hydroxyl groups excluding tert-OH is 3. The van der Waals surface area contributed by atoms with E-state index in [1.54, 1.807) is 0 Å². The summed E-state index contributed by atoms with van der Waals surface area (Å²) in [6, 6.07) is 7.44. The van der Waals surface area contributed by atoms with Crippen LogP contribution in [0, 0.1) is 6.92 Å². The number of nitrogens with one attached hydrogen (secondary N) is 1. The number of amides is 1. The van der Waals surface area contributed by atoms with Crippen LogP contribution in [0.5, 0.6) is 5.75 Å². The van der Waals surface area contributed by atoms with Crippen LogP contribution in [-0.2, 0) is 4.79 Å². The summed E-state index contributed by atoms with van der Waals surface area (Å²) in [6.07, 6.45) is 0.0651. The van der Waals surface area contributed by atoms with E-state index in [0.717, 1.165) is 5.56 Å². The van der Waals surface area contributed by atoms with Gasteiger partial charge in [0.05, 0.1) is 32.8 Å². The maximum absolute atomic E-state index is 11.7. The molecule has 0 saturated heterocycles. The first-order valence-corrected chi connectivity index (χ1v) is 6.38. The monoisotopic (exact) mass is 283 g/mol. The van der Waals surface area contributed by atoms with Crippen LogP contribution in [0.3, 0.4) is 0 Å².